The van der Waals surface area contributed by atoms with Crippen LogP contribution in [0.25, 0.3) is 0 Å². The van der Waals surface area contributed by atoms with E-state index in [2.05, 4.69) is 25.1 Å². The Morgan fingerprint density at radius 1 is 0.889 bits per heavy atom. The third-order valence-corrected chi connectivity index (χ3v) is 5.99. The molecule has 0 N–H and O–H groups in total. The minimum atomic E-state index is 0.495. The third-order valence-electron chi connectivity index (χ3n) is 5.99. The van der Waals surface area contributed by atoms with Gasteiger partial charge in [0.1, 0.15) is 0 Å². The van der Waals surface area contributed by atoms with Gasteiger partial charge in [0, 0.05) is 19.9 Å². The minimum Gasteiger partial charge on any atom is -0.382 e. The Hall–Kier alpha value is -0.570. The summed E-state index contributed by atoms with van der Waals surface area (Å²) < 4.78 is 5.37. The van der Waals surface area contributed by atoms with Gasteiger partial charge in [0.05, 0.1) is 12.6 Å². The van der Waals surface area contributed by atoms with Crippen molar-refractivity contribution in [3.05, 3.63) is 0 Å². The van der Waals surface area contributed by atoms with Gasteiger partial charge in [0.25, 0.3) is 0 Å². The lowest BCUT2D eigenvalue weighted by Crippen LogP contribution is -2.28. The molecule has 3 heteroatoms. The molecule has 0 spiro atoms. The maximum absolute atomic E-state index is 5.37. The first-order chi connectivity index (χ1) is 13.3. The Morgan fingerprint density at radius 3 is 2.04 bits per heavy atom. The lowest BCUT2D eigenvalue weighted by atomic mass is 9.95. The summed E-state index contributed by atoms with van der Waals surface area (Å²) in [5.74, 6) is 0.672. The van der Waals surface area contributed by atoms with Crippen LogP contribution in [-0.2, 0) is 4.74 Å². The summed E-state index contributed by atoms with van der Waals surface area (Å²) in [6.07, 6.45) is 24.1. The van der Waals surface area contributed by atoms with Crippen molar-refractivity contribution in [3.63, 3.8) is 0 Å². The topological polar surface area (TPSA) is 24.8 Å². The van der Waals surface area contributed by atoms with Crippen molar-refractivity contribution in [3.8, 4) is 0 Å². The monoisotopic (exact) mass is 380 g/mol. The highest BCUT2D eigenvalue weighted by atomic mass is 16.5. The van der Waals surface area contributed by atoms with Crippen molar-refractivity contribution >= 4 is 6.21 Å². The number of rotatable bonds is 18. The Labute approximate surface area is 170 Å². The molecular weight excluding hydrogens is 332 g/mol. The molecule has 0 aliphatic carbocycles. The van der Waals surface area contributed by atoms with Crippen molar-refractivity contribution < 1.29 is 4.74 Å². The number of unbranched alkanes of at least 4 members (excludes halogenated alkanes) is 10. The highest BCUT2D eigenvalue weighted by molar-refractivity contribution is 5.60. The number of hydrogen-bond donors (Lipinski definition) is 0. The first kappa shape index (κ1) is 24.5. The quantitative estimate of drug-likeness (QED) is 0.185. The molecule has 27 heavy (non-hydrogen) atoms. The van der Waals surface area contributed by atoms with Gasteiger partial charge < -0.3 is 4.74 Å². The summed E-state index contributed by atoms with van der Waals surface area (Å²) in [5, 5.41) is 7.19. The zero-order chi connectivity index (χ0) is 19.6. The van der Waals surface area contributed by atoms with Gasteiger partial charge in [-0.3, -0.25) is 5.01 Å². The molecule has 0 aromatic heterocycles. The van der Waals surface area contributed by atoms with Crippen LogP contribution in [0.4, 0.5) is 0 Å². The van der Waals surface area contributed by atoms with E-state index in [4.69, 9.17) is 9.84 Å². The molecule has 0 amide bonds. The van der Waals surface area contributed by atoms with Crippen molar-refractivity contribution in [2.75, 3.05) is 20.3 Å². The molecule has 0 unspecified atom stereocenters. The first-order valence-corrected chi connectivity index (χ1v) is 12.1. The number of hydrazone groups is 1. The molecule has 1 rings (SSSR count). The van der Waals surface area contributed by atoms with Gasteiger partial charge in [-0.05, 0) is 31.6 Å². The molecule has 160 valence electrons. The Bertz CT molecular complexity index is 345. The van der Waals surface area contributed by atoms with Crippen LogP contribution in [0.2, 0.25) is 0 Å². The summed E-state index contributed by atoms with van der Waals surface area (Å²) in [6.45, 7) is 6.51. The highest BCUT2D eigenvalue weighted by Crippen LogP contribution is 2.21. The fraction of sp³-hybridized carbons (Fsp3) is 0.958. The van der Waals surface area contributed by atoms with Crippen molar-refractivity contribution in [2.24, 2.45) is 11.0 Å². The number of hydrogen-bond acceptors (Lipinski definition) is 3. The van der Waals surface area contributed by atoms with Crippen LogP contribution in [0.1, 0.15) is 117 Å². The molecule has 2 atom stereocenters. The van der Waals surface area contributed by atoms with E-state index in [9.17, 15) is 0 Å². The number of methoxy groups -OCH3 is 1. The fourth-order valence-electron chi connectivity index (χ4n) is 4.18. The van der Waals surface area contributed by atoms with E-state index in [0.29, 0.717) is 12.0 Å². The SMILES string of the molecule is CCCCCCCCCC[C@@H](/C=N/N1CCC[C@H]1COC)CCCCCC. The van der Waals surface area contributed by atoms with Crippen LogP contribution in [0.15, 0.2) is 5.10 Å². The smallest absolute Gasteiger partial charge is 0.0704 e. The van der Waals surface area contributed by atoms with Crippen LogP contribution in [0, 0.1) is 5.92 Å². The van der Waals surface area contributed by atoms with Crippen LogP contribution in [0.3, 0.4) is 0 Å². The molecule has 1 saturated heterocycles. The largest absolute Gasteiger partial charge is 0.382 e. The molecule has 1 heterocycles. The highest BCUT2D eigenvalue weighted by Gasteiger charge is 2.22. The van der Waals surface area contributed by atoms with Gasteiger partial charge in [-0.25, -0.2) is 0 Å². The first-order valence-electron chi connectivity index (χ1n) is 12.1. The van der Waals surface area contributed by atoms with Crippen LogP contribution in [0.5, 0.6) is 0 Å². The van der Waals surface area contributed by atoms with E-state index in [1.807, 2.05) is 0 Å². The van der Waals surface area contributed by atoms with Gasteiger partial charge in [-0.15, -0.1) is 0 Å². The van der Waals surface area contributed by atoms with E-state index >= 15 is 0 Å². The van der Waals surface area contributed by atoms with Crippen LogP contribution in [-0.4, -0.2) is 37.5 Å². The number of ether oxygens (including phenoxy) is 1. The normalized spacial score (nSPS) is 18.6. The Morgan fingerprint density at radius 2 is 1.44 bits per heavy atom. The summed E-state index contributed by atoms with van der Waals surface area (Å²) in [6, 6.07) is 0.495. The minimum absolute atomic E-state index is 0.495. The second kappa shape index (κ2) is 17.5. The zero-order valence-electron chi connectivity index (χ0n) is 18.8. The maximum Gasteiger partial charge on any atom is 0.0704 e. The third kappa shape index (κ3) is 12.5. The summed E-state index contributed by atoms with van der Waals surface area (Å²) in [5.41, 5.74) is 0. The van der Waals surface area contributed by atoms with Crippen molar-refractivity contribution in [1.82, 2.24) is 5.01 Å². The van der Waals surface area contributed by atoms with Gasteiger partial charge in [-0.2, -0.15) is 5.10 Å². The second-order valence-corrected chi connectivity index (χ2v) is 8.55. The molecular formula is C24H48N2O. The average molecular weight is 381 g/mol. The van der Waals surface area contributed by atoms with E-state index in [-0.39, 0.29) is 0 Å². The van der Waals surface area contributed by atoms with Gasteiger partial charge >= 0.3 is 0 Å². The average Bonchev–Trinajstić information content (AvgIpc) is 3.12. The van der Waals surface area contributed by atoms with E-state index in [0.717, 1.165) is 13.2 Å². The summed E-state index contributed by atoms with van der Waals surface area (Å²) >= 11 is 0. The standard InChI is InChI=1S/C24H48N2O/c1-4-6-8-10-11-12-13-15-18-23(17-14-9-7-5-2)21-25-26-20-16-19-24(26)22-27-3/h21,23-24H,4-20,22H2,1-3H3/b25-21+/t23-,24-/m0/s1. The van der Waals surface area contributed by atoms with Crippen molar-refractivity contribution in [2.45, 2.75) is 123 Å². The second-order valence-electron chi connectivity index (χ2n) is 8.55. The molecule has 0 bridgehead atoms. The Balaban J connectivity index is 2.30. The molecule has 1 aliphatic heterocycles. The van der Waals surface area contributed by atoms with E-state index < -0.39 is 0 Å². The molecule has 0 saturated carbocycles. The van der Waals surface area contributed by atoms with Crippen LogP contribution >= 0.6 is 0 Å². The maximum atomic E-state index is 5.37. The zero-order valence-corrected chi connectivity index (χ0v) is 18.8. The lowest BCUT2D eigenvalue weighted by molar-refractivity contribution is 0.118. The molecule has 1 fully saturated rings. The predicted octanol–water partition coefficient (Wildman–Crippen LogP) is 7.20. The Kier molecular flexibility index (Phi) is 15.9. The number of nitrogens with zero attached hydrogens (tertiary/aromatic N) is 2. The van der Waals surface area contributed by atoms with Gasteiger partial charge in [0.2, 0.25) is 0 Å². The lowest BCUT2D eigenvalue weighted by Gasteiger charge is -2.21. The fourth-order valence-corrected chi connectivity index (χ4v) is 4.18. The summed E-state index contributed by atoms with van der Waals surface area (Å²) in [4.78, 5) is 0. The van der Waals surface area contributed by atoms with Crippen LogP contribution < -0.4 is 0 Å². The van der Waals surface area contributed by atoms with Gasteiger partial charge in [-0.1, -0.05) is 90.9 Å². The molecule has 0 aromatic rings. The van der Waals surface area contributed by atoms with Gasteiger partial charge in [0.15, 0.2) is 0 Å². The summed E-state index contributed by atoms with van der Waals surface area (Å²) in [7, 11) is 1.80. The van der Waals surface area contributed by atoms with E-state index in [1.165, 1.54) is 103 Å². The van der Waals surface area contributed by atoms with Crippen molar-refractivity contribution in [1.29, 1.82) is 0 Å². The molecule has 1 aliphatic rings. The van der Waals surface area contributed by atoms with E-state index in [1.54, 1.807) is 7.11 Å². The molecule has 3 nitrogen and oxygen atoms in total. The molecule has 0 aromatic carbocycles. The molecule has 0 radical (unpaired) electrons. The predicted molar refractivity (Wildman–Crippen MR) is 120 cm³/mol.